The van der Waals surface area contributed by atoms with Crippen molar-refractivity contribution in [3.63, 3.8) is 0 Å². The molecule has 1 heterocycles. The lowest BCUT2D eigenvalue weighted by Gasteiger charge is -2.33. The largest absolute Gasteiger partial charge is 0.248 e. The van der Waals surface area contributed by atoms with Crippen molar-refractivity contribution in [2.45, 2.75) is 5.54 Å². The molecule has 0 amide bonds. The van der Waals surface area contributed by atoms with Crippen molar-refractivity contribution in [2.24, 2.45) is 0 Å². The number of tetrazole rings is 1. The van der Waals surface area contributed by atoms with Gasteiger partial charge in [-0.3, -0.25) is 0 Å². The molecule has 4 nitrogen and oxygen atoms in total. The van der Waals surface area contributed by atoms with E-state index < -0.39 is 12.2 Å². The third-order valence-electron chi connectivity index (χ3n) is 4.56. The molecule has 0 aliphatic carbocycles. The number of hydrogen-bond acceptors (Lipinski definition) is 3. The van der Waals surface area contributed by atoms with Crippen LogP contribution in [0.4, 0.5) is 4.39 Å². The van der Waals surface area contributed by atoms with Gasteiger partial charge in [0.25, 0.3) is 0 Å². The molecule has 0 fully saturated rings. The van der Waals surface area contributed by atoms with Crippen molar-refractivity contribution in [1.82, 2.24) is 20.2 Å². The highest BCUT2D eigenvalue weighted by molar-refractivity contribution is 5.56. The lowest BCUT2D eigenvalue weighted by atomic mass is 9.83. The van der Waals surface area contributed by atoms with E-state index in [2.05, 4.69) is 15.5 Å². The minimum absolute atomic E-state index is 0.524. The second kappa shape index (κ2) is 6.88. The highest BCUT2D eigenvalue weighted by Crippen LogP contribution is 2.36. The third-order valence-corrected chi connectivity index (χ3v) is 4.56. The summed E-state index contributed by atoms with van der Waals surface area (Å²) < 4.78 is 16.4. The summed E-state index contributed by atoms with van der Waals surface area (Å²) in [6.07, 6.45) is 0. The van der Waals surface area contributed by atoms with Gasteiger partial charge < -0.3 is 0 Å². The number of aromatic nitrogens is 4. The summed E-state index contributed by atoms with van der Waals surface area (Å²) in [6, 6.07) is 28.6. The van der Waals surface area contributed by atoms with Crippen molar-refractivity contribution in [3.05, 3.63) is 102 Å². The van der Waals surface area contributed by atoms with Gasteiger partial charge in [-0.2, -0.15) is 0 Å². The van der Waals surface area contributed by atoms with Crippen LogP contribution in [0.25, 0.3) is 11.4 Å². The van der Waals surface area contributed by atoms with Gasteiger partial charge in [0.2, 0.25) is 0 Å². The molecular formula is C21H17FN4. The Labute approximate surface area is 150 Å². The molecule has 0 saturated heterocycles. The van der Waals surface area contributed by atoms with E-state index in [1.54, 1.807) is 4.68 Å². The predicted octanol–water partition coefficient (Wildman–Crippen LogP) is 4.10. The maximum Gasteiger partial charge on any atom is 0.183 e. The van der Waals surface area contributed by atoms with Crippen LogP contribution in [0.1, 0.15) is 11.1 Å². The van der Waals surface area contributed by atoms with Crippen LogP contribution in [0.15, 0.2) is 91.0 Å². The molecule has 0 aliphatic rings. The molecular weight excluding hydrogens is 327 g/mol. The Morgan fingerprint density at radius 2 is 1.23 bits per heavy atom. The molecule has 0 bridgehead atoms. The normalized spacial score (nSPS) is 11.4. The maximum atomic E-state index is 14.8. The Morgan fingerprint density at radius 1 is 0.731 bits per heavy atom. The molecule has 0 saturated carbocycles. The van der Waals surface area contributed by atoms with E-state index in [9.17, 15) is 4.39 Å². The Bertz CT molecular complexity index is 929. The van der Waals surface area contributed by atoms with Gasteiger partial charge in [0.1, 0.15) is 12.2 Å². The minimum Gasteiger partial charge on any atom is -0.248 e. The molecule has 0 aliphatic heterocycles. The molecule has 4 aromatic rings. The number of alkyl halides is 1. The molecule has 26 heavy (non-hydrogen) atoms. The van der Waals surface area contributed by atoms with Gasteiger partial charge in [-0.05, 0) is 21.6 Å². The van der Waals surface area contributed by atoms with Crippen LogP contribution in [-0.4, -0.2) is 26.9 Å². The van der Waals surface area contributed by atoms with E-state index in [0.717, 1.165) is 16.7 Å². The average molecular weight is 344 g/mol. The second-order valence-electron chi connectivity index (χ2n) is 6.01. The fourth-order valence-electron chi connectivity index (χ4n) is 3.26. The first-order valence-electron chi connectivity index (χ1n) is 8.37. The van der Waals surface area contributed by atoms with Crippen molar-refractivity contribution in [1.29, 1.82) is 0 Å². The Morgan fingerprint density at radius 3 is 1.73 bits per heavy atom. The molecule has 0 spiro atoms. The van der Waals surface area contributed by atoms with Gasteiger partial charge in [-0.25, -0.2) is 9.07 Å². The summed E-state index contributed by atoms with van der Waals surface area (Å²) in [6.45, 7) is -0.675. The van der Waals surface area contributed by atoms with Gasteiger partial charge in [0, 0.05) is 5.56 Å². The van der Waals surface area contributed by atoms with Crippen molar-refractivity contribution in [3.8, 4) is 11.4 Å². The first-order valence-corrected chi connectivity index (χ1v) is 8.37. The molecule has 0 unspecified atom stereocenters. The summed E-state index contributed by atoms with van der Waals surface area (Å²) in [5.41, 5.74) is 1.27. The van der Waals surface area contributed by atoms with Gasteiger partial charge in [0.05, 0.1) is 0 Å². The fraction of sp³-hybridized carbons (Fsp3) is 0.0952. The van der Waals surface area contributed by atoms with Crippen LogP contribution >= 0.6 is 0 Å². The maximum absolute atomic E-state index is 14.8. The van der Waals surface area contributed by atoms with Crippen LogP contribution in [0.2, 0.25) is 0 Å². The van der Waals surface area contributed by atoms with E-state index in [1.165, 1.54) is 0 Å². The standard InChI is InChI=1S/C21H17FN4/c22-16-21(18-12-6-2-7-13-18,19-14-8-3-9-15-19)26-20(23-24-25-26)17-10-4-1-5-11-17/h1-15H,16H2. The van der Waals surface area contributed by atoms with Crippen molar-refractivity contribution < 1.29 is 4.39 Å². The molecule has 3 aromatic carbocycles. The number of rotatable bonds is 5. The van der Waals surface area contributed by atoms with Gasteiger partial charge in [-0.15, -0.1) is 5.10 Å². The van der Waals surface area contributed by atoms with Crippen molar-refractivity contribution >= 4 is 0 Å². The average Bonchev–Trinajstić information content (AvgIpc) is 3.22. The zero-order chi connectivity index (χ0) is 17.8. The van der Waals surface area contributed by atoms with Crippen LogP contribution in [-0.2, 0) is 5.54 Å². The SMILES string of the molecule is FCC(c1ccccc1)(c1ccccc1)n1nnnc1-c1ccccc1. The molecule has 5 heteroatoms. The summed E-state index contributed by atoms with van der Waals surface area (Å²) in [7, 11) is 0. The Kier molecular flexibility index (Phi) is 4.27. The van der Waals surface area contributed by atoms with Crippen LogP contribution in [0.3, 0.4) is 0 Å². The van der Waals surface area contributed by atoms with E-state index >= 15 is 0 Å². The molecule has 0 N–H and O–H groups in total. The summed E-state index contributed by atoms with van der Waals surface area (Å²) in [5.74, 6) is 0.524. The van der Waals surface area contributed by atoms with Crippen LogP contribution in [0.5, 0.6) is 0 Å². The molecule has 4 rings (SSSR count). The monoisotopic (exact) mass is 344 g/mol. The molecule has 128 valence electrons. The second-order valence-corrected chi connectivity index (χ2v) is 6.01. The van der Waals surface area contributed by atoms with Gasteiger partial charge >= 0.3 is 0 Å². The topological polar surface area (TPSA) is 43.6 Å². The van der Waals surface area contributed by atoms with E-state index in [1.807, 2.05) is 91.0 Å². The lowest BCUT2D eigenvalue weighted by molar-refractivity contribution is 0.283. The van der Waals surface area contributed by atoms with Gasteiger partial charge in [0.15, 0.2) is 5.82 Å². The molecule has 0 atom stereocenters. The summed E-state index contributed by atoms with van der Waals surface area (Å²) >= 11 is 0. The zero-order valence-corrected chi connectivity index (χ0v) is 14.0. The fourth-order valence-corrected chi connectivity index (χ4v) is 3.26. The number of halogens is 1. The van der Waals surface area contributed by atoms with Crippen LogP contribution in [0, 0.1) is 0 Å². The molecule has 1 aromatic heterocycles. The quantitative estimate of drug-likeness (QED) is 0.547. The first kappa shape index (κ1) is 16.1. The summed E-state index contributed by atoms with van der Waals surface area (Å²) in [5, 5.41) is 12.3. The van der Waals surface area contributed by atoms with Crippen LogP contribution < -0.4 is 0 Å². The smallest absolute Gasteiger partial charge is 0.183 e. The van der Waals surface area contributed by atoms with Gasteiger partial charge in [-0.1, -0.05) is 91.0 Å². The lowest BCUT2D eigenvalue weighted by Crippen LogP contribution is -2.40. The summed E-state index contributed by atoms with van der Waals surface area (Å²) in [4.78, 5) is 0. The number of hydrogen-bond donors (Lipinski definition) is 0. The van der Waals surface area contributed by atoms with E-state index in [-0.39, 0.29) is 0 Å². The first-order chi connectivity index (χ1) is 12.9. The highest BCUT2D eigenvalue weighted by Gasteiger charge is 2.40. The number of benzene rings is 3. The number of nitrogens with zero attached hydrogens (tertiary/aromatic N) is 4. The Hall–Kier alpha value is -3.34. The zero-order valence-electron chi connectivity index (χ0n) is 14.0. The van der Waals surface area contributed by atoms with E-state index in [0.29, 0.717) is 5.82 Å². The predicted molar refractivity (Wildman–Crippen MR) is 98.3 cm³/mol. The minimum atomic E-state index is -1.14. The van der Waals surface area contributed by atoms with E-state index in [4.69, 9.17) is 0 Å². The third kappa shape index (κ3) is 2.58. The highest BCUT2D eigenvalue weighted by atomic mass is 19.1. The van der Waals surface area contributed by atoms with Crippen molar-refractivity contribution in [2.75, 3.05) is 6.67 Å². The molecule has 0 radical (unpaired) electrons. The Balaban J connectivity index is 2.01.